The van der Waals surface area contributed by atoms with Crippen molar-refractivity contribution in [3.8, 4) is 0 Å². The quantitative estimate of drug-likeness (QED) is 0.505. The van der Waals surface area contributed by atoms with E-state index in [-0.39, 0.29) is 40.4 Å². The molecule has 164 valence electrons. The van der Waals surface area contributed by atoms with Gasteiger partial charge in [-0.2, -0.15) is 10.2 Å². The molecule has 1 N–H and O–H groups in total. The number of nitrogens with one attached hydrogen (secondary N) is 1. The highest BCUT2D eigenvalue weighted by atomic mass is 35.5. The molecule has 0 unspecified atom stereocenters. The Morgan fingerprint density at radius 1 is 1.26 bits per heavy atom. The van der Waals surface area contributed by atoms with Crippen LogP contribution in [-0.4, -0.2) is 25.5 Å². The van der Waals surface area contributed by atoms with Crippen LogP contribution >= 0.6 is 23.2 Å². The van der Waals surface area contributed by atoms with E-state index in [4.69, 9.17) is 23.2 Å². The van der Waals surface area contributed by atoms with Gasteiger partial charge in [0.05, 0.1) is 17.3 Å². The number of amides is 1. The number of anilines is 1. The largest absolute Gasteiger partial charge is 0.308 e. The zero-order valence-electron chi connectivity index (χ0n) is 16.4. The lowest BCUT2D eigenvalue weighted by atomic mass is 10.2. The monoisotopic (exact) mass is 471 g/mol. The second kappa shape index (κ2) is 8.55. The molecule has 6 nitrogen and oxygen atoms in total. The number of nitrogens with zero attached hydrogens (tertiary/aromatic N) is 4. The fourth-order valence-corrected chi connectivity index (χ4v) is 3.96. The van der Waals surface area contributed by atoms with Crippen molar-refractivity contribution in [2.45, 2.75) is 45.2 Å². The van der Waals surface area contributed by atoms with Gasteiger partial charge in [0.2, 0.25) is 5.91 Å². The summed E-state index contributed by atoms with van der Waals surface area (Å²) in [7, 11) is 0. The molecule has 0 atom stereocenters. The predicted octanol–water partition coefficient (Wildman–Crippen LogP) is 5.34. The molecule has 0 radical (unpaired) electrons. The topological polar surface area (TPSA) is 64.7 Å². The second-order valence-electron chi connectivity index (χ2n) is 7.39. The van der Waals surface area contributed by atoms with E-state index in [1.54, 1.807) is 19.1 Å². The molecule has 1 saturated carbocycles. The average Bonchev–Trinajstić information content (AvgIpc) is 3.39. The van der Waals surface area contributed by atoms with Gasteiger partial charge in [-0.15, -0.1) is 0 Å². The third-order valence-corrected chi connectivity index (χ3v) is 5.78. The first-order chi connectivity index (χ1) is 14.7. The van der Waals surface area contributed by atoms with Crippen molar-refractivity contribution < 1.29 is 18.0 Å². The van der Waals surface area contributed by atoms with Crippen LogP contribution in [0.5, 0.6) is 0 Å². The molecular formula is C20H18Cl2F3N5O. The molecule has 1 aliphatic carbocycles. The molecule has 31 heavy (non-hydrogen) atoms. The maximum Gasteiger partial charge on any atom is 0.283 e. The van der Waals surface area contributed by atoms with Crippen molar-refractivity contribution in [3.63, 3.8) is 0 Å². The van der Waals surface area contributed by atoms with Gasteiger partial charge in [-0.3, -0.25) is 14.2 Å². The number of hydrogen-bond donors (Lipinski definition) is 1. The van der Waals surface area contributed by atoms with Crippen LogP contribution in [0.15, 0.2) is 24.3 Å². The Morgan fingerprint density at radius 2 is 2.00 bits per heavy atom. The Morgan fingerprint density at radius 3 is 2.65 bits per heavy atom. The van der Waals surface area contributed by atoms with E-state index >= 15 is 0 Å². The third kappa shape index (κ3) is 4.57. The Hall–Kier alpha value is -2.52. The summed E-state index contributed by atoms with van der Waals surface area (Å²) in [6, 6.07) is 6.03. The van der Waals surface area contributed by atoms with Gasteiger partial charge in [0.1, 0.15) is 18.1 Å². The molecule has 2 aromatic heterocycles. The molecule has 1 fully saturated rings. The van der Waals surface area contributed by atoms with E-state index in [2.05, 4.69) is 15.5 Å². The smallest absolute Gasteiger partial charge is 0.283 e. The Labute approximate surface area is 185 Å². The van der Waals surface area contributed by atoms with E-state index in [0.717, 1.165) is 12.8 Å². The first-order valence-electron chi connectivity index (χ1n) is 9.56. The third-order valence-electron chi connectivity index (χ3n) is 5.04. The SMILES string of the molecule is Cc1cc(NC(=O)Cn2nc(C(F)F)c(Cl)c2C2CC2)nn1Cc1c(F)cccc1Cl. The lowest BCUT2D eigenvalue weighted by molar-refractivity contribution is -0.117. The van der Waals surface area contributed by atoms with Crippen LogP contribution in [0.4, 0.5) is 19.0 Å². The molecule has 0 spiro atoms. The summed E-state index contributed by atoms with van der Waals surface area (Å²) >= 11 is 12.1. The molecule has 0 aliphatic heterocycles. The summed E-state index contributed by atoms with van der Waals surface area (Å²) in [5.74, 6) is -0.663. The van der Waals surface area contributed by atoms with E-state index in [1.807, 2.05) is 0 Å². The number of carbonyl (C=O) groups is 1. The van der Waals surface area contributed by atoms with Gasteiger partial charge >= 0.3 is 0 Å². The van der Waals surface area contributed by atoms with Crippen molar-refractivity contribution >= 4 is 34.9 Å². The summed E-state index contributed by atoms with van der Waals surface area (Å²) in [5.41, 5.74) is 0.907. The highest BCUT2D eigenvalue weighted by Gasteiger charge is 2.34. The standard InChI is InChI=1S/C20H18Cl2F3N5O/c1-10-7-15(27-29(10)8-12-13(21)3-2-4-14(12)23)26-16(31)9-30-19(11-5-6-11)17(22)18(28-30)20(24)25/h2-4,7,11,20H,5-6,8-9H2,1H3,(H,26,27,31). The lowest BCUT2D eigenvalue weighted by Gasteiger charge is -2.08. The molecule has 1 aliphatic rings. The zero-order chi connectivity index (χ0) is 22.3. The Kier molecular flexibility index (Phi) is 5.98. The van der Waals surface area contributed by atoms with Gasteiger partial charge in [0.15, 0.2) is 5.82 Å². The van der Waals surface area contributed by atoms with Crippen molar-refractivity contribution in [2.75, 3.05) is 5.32 Å². The summed E-state index contributed by atoms with van der Waals surface area (Å²) in [6.07, 6.45) is -1.19. The fraction of sp³-hybridized carbons (Fsp3) is 0.350. The van der Waals surface area contributed by atoms with E-state index in [9.17, 15) is 18.0 Å². The van der Waals surface area contributed by atoms with Gasteiger partial charge < -0.3 is 5.32 Å². The Balaban J connectivity index is 1.49. The van der Waals surface area contributed by atoms with Gasteiger partial charge in [-0.05, 0) is 31.9 Å². The maximum absolute atomic E-state index is 14.1. The number of benzene rings is 1. The van der Waals surface area contributed by atoms with E-state index < -0.39 is 23.8 Å². The number of halogens is 5. The molecule has 1 amide bonds. The minimum absolute atomic E-state index is 0.0345. The molecule has 0 bridgehead atoms. The summed E-state index contributed by atoms with van der Waals surface area (Å²) < 4.78 is 43.1. The highest BCUT2D eigenvalue weighted by molar-refractivity contribution is 6.32. The number of rotatable bonds is 7. The van der Waals surface area contributed by atoms with E-state index in [1.165, 1.54) is 21.5 Å². The van der Waals surface area contributed by atoms with Crippen LogP contribution in [-0.2, 0) is 17.9 Å². The van der Waals surface area contributed by atoms with Gasteiger partial charge in [-0.25, -0.2) is 13.2 Å². The highest BCUT2D eigenvalue weighted by Crippen LogP contribution is 2.45. The van der Waals surface area contributed by atoms with E-state index in [0.29, 0.717) is 11.4 Å². The maximum atomic E-state index is 14.1. The van der Waals surface area contributed by atoms with Crippen LogP contribution in [0.2, 0.25) is 10.0 Å². The number of aryl methyl sites for hydroxylation is 1. The van der Waals surface area contributed by atoms with Crippen LogP contribution in [0.1, 0.15) is 47.8 Å². The minimum Gasteiger partial charge on any atom is -0.308 e. The van der Waals surface area contributed by atoms with Gasteiger partial charge in [-0.1, -0.05) is 29.3 Å². The number of aromatic nitrogens is 4. The molecule has 1 aromatic carbocycles. The summed E-state index contributed by atoms with van der Waals surface area (Å²) in [5, 5.41) is 10.9. The van der Waals surface area contributed by atoms with Crippen LogP contribution < -0.4 is 5.32 Å². The number of hydrogen-bond acceptors (Lipinski definition) is 3. The summed E-state index contributed by atoms with van der Waals surface area (Å²) in [6.45, 7) is 1.57. The van der Waals surface area contributed by atoms with Gasteiger partial charge in [0.25, 0.3) is 6.43 Å². The van der Waals surface area contributed by atoms with Crippen molar-refractivity contribution in [1.29, 1.82) is 0 Å². The number of carbonyl (C=O) groups excluding carboxylic acids is 1. The zero-order valence-corrected chi connectivity index (χ0v) is 17.9. The van der Waals surface area contributed by atoms with Crippen LogP contribution in [0.25, 0.3) is 0 Å². The predicted molar refractivity (Wildman–Crippen MR) is 110 cm³/mol. The summed E-state index contributed by atoms with van der Waals surface area (Å²) in [4.78, 5) is 12.5. The minimum atomic E-state index is -2.82. The Bertz CT molecular complexity index is 1120. The molecule has 2 heterocycles. The van der Waals surface area contributed by atoms with Crippen molar-refractivity contribution in [1.82, 2.24) is 19.6 Å². The van der Waals surface area contributed by atoms with Crippen LogP contribution in [0.3, 0.4) is 0 Å². The van der Waals surface area contributed by atoms with Crippen molar-refractivity contribution in [3.05, 3.63) is 62.8 Å². The van der Waals surface area contributed by atoms with Gasteiger partial charge in [0, 0.05) is 28.3 Å². The second-order valence-corrected chi connectivity index (χ2v) is 8.18. The average molecular weight is 472 g/mol. The normalized spacial score (nSPS) is 13.8. The number of alkyl halides is 2. The molecule has 3 aromatic rings. The molecule has 0 saturated heterocycles. The molecule has 4 rings (SSSR count). The van der Waals surface area contributed by atoms with Crippen LogP contribution in [0, 0.1) is 12.7 Å². The van der Waals surface area contributed by atoms with Crippen molar-refractivity contribution in [2.24, 2.45) is 0 Å². The first-order valence-corrected chi connectivity index (χ1v) is 10.3. The molecule has 11 heteroatoms. The fourth-order valence-electron chi connectivity index (χ4n) is 3.36. The lowest BCUT2D eigenvalue weighted by Crippen LogP contribution is -2.21. The molecular weight excluding hydrogens is 454 g/mol. The first kappa shape index (κ1) is 21.7.